The first-order chi connectivity index (χ1) is 8.28. The predicted molar refractivity (Wildman–Crippen MR) is 66.7 cm³/mol. The first-order valence-corrected chi connectivity index (χ1v) is 6.30. The van der Waals surface area contributed by atoms with Crippen molar-refractivity contribution in [3.63, 3.8) is 0 Å². The average Bonchev–Trinajstić information content (AvgIpc) is 2.77. The Morgan fingerprint density at radius 2 is 2.12 bits per heavy atom. The van der Waals surface area contributed by atoms with Gasteiger partial charge in [0.15, 0.2) is 5.82 Å². The lowest BCUT2D eigenvalue weighted by Gasteiger charge is -1.98. The highest BCUT2D eigenvalue weighted by molar-refractivity contribution is 7.98. The van der Waals surface area contributed by atoms with Crippen molar-refractivity contribution in [2.45, 2.75) is 17.1 Å². The molecule has 0 saturated heterocycles. The minimum absolute atomic E-state index is 0.238. The zero-order chi connectivity index (χ0) is 12.1. The molecule has 0 saturated carbocycles. The molecule has 86 valence electrons. The molecule has 0 spiro atoms. The quantitative estimate of drug-likeness (QED) is 0.863. The molecule has 1 aromatic carbocycles. The third kappa shape index (κ3) is 3.48. The highest BCUT2D eigenvalue weighted by Crippen LogP contribution is 2.22. The van der Waals surface area contributed by atoms with Gasteiger partial charge in [-0.15, -0.1) is 11.8 Å². The predicted octanol–water partition coefficient (Wildman–Crippen LogP) is 2.82. The fourth-order valence-electron chi connectivity index (χ4n) is 1.23. The third-order valence-electron chi connectivity index (χ3n) is 2.00. The highest BCUT2D eigenvalue weighted by Gasteiger charge is 2.03. The van der Waals surface area contributed by atoms with Crippen molar-refractivity contribution in [1.29, 1.82) is 5.26 Å². The summed E-state index contributed by atoms with van der Waals surface area (Å²) in [6.07, 6.45) is 0.238. The van der Waals surface area contributed by atoms with Crippen molar-refractivity contribution in [3.8, 4) is 6.07 Å². The molecule has 1 heterocycles. The van der Waals surface area contributed by atoms with E-state index in [-0.39, 0.29) is 6.42 Å². The SMILES string of the molecule is N#CCc1n[nH]c(CSc2ccc(Cl)cc2)n1. The van der Waals surface area contributed by atoms with E-state index >= 15 is 0 Å². The topological polar surface area (TPSA) is 65.4 Å². The number of halogens is 1. The van der Waals surface area contributed by atoms with Crippen LogP contribution in [0.3, 0.4) is 0 Å². The van der Waals surface area contributed by atoms with E-state index in [0.717, 1.165) is 15.7 Å². The normalized spacial score (nSPS) is 10.1. The van der Waals surface area contributed by atoms with Crippen LogP contribution in [0, 0.1) is 11.3 Å². The molecular formula is C11H9ClN4S. The van der Waals surface area contributed by atoms with Crippen LogP contribution in [0.4, 0.5) is 0 Å². The molecule has 17 heavy (non-hydrogen) atoms. The molecule has 1 N–H and O–H groups in total. The van der Waals surface area contributed by atoms with Gasteiger partial charge in [-0.25, -0.2) is 4.98 Å². The minimum atomic E-state index is 0.238. The molecule has 6 heteroatoms. The molecule has 0 unspecified atom stereocenters. The van der Waals surface area contributed by atoms with E-state index in [2.05, 4.69) is 15.2 Å². The molecule has 0 aliphatic carbocycles. The molecule has 0 aliphatic heterocycles. The summed E-state index contributed by atoms with van der Waals surface area (Å²) in [6, 6.07) is 9.63. The standard InChI is InChI=1S/C11H9ClN4S/c12-8-1-3-9(4-2-8)17-7-11-14-10(5-6-13)15-16-11/h1-4H,5,7H2,(H,14,15,16). The maximum absolute atomic E-state index is 8.50. The van der Waals surface area contributed by atoms with Gasteiger partial charge >= 0.3 is 0 Å². The number of aromatic nitrogens is 3. The molecule has 0 amide bonds. The second-order valence-electron chi connectivity index (χ2n) is 3.28. The fourth-order valence-corrected chi connectivity index (χ4v) is 2.12. The molecule has 0 radical (unpaired) electrons. The Kier molecular flexibility index (Phi) is 4.02. The number of rotatable bonds is 4. The van der Waals surface area contributed by atoms with Crippen LogP contribution in [-0.4, -0.2) is 15.2 Å². The maximum atomic E-state index is 8.50. The summed E-state index contributed by atoms with van der Waals surface area (Å²) in [7, 11) is 0. The Morgan fingerprint density at radius 1 is 1.35 bits per heavy atom. The van der Waals surface area contributed by atoms with E-state index in [1.165, 1.54) is 0 Å². The lowest BCUT2D eigenvalue weighted by atomic mass is 10.4. The summed E-state index contributed by atoms with van der Waals surface area (Å²) >= 11 is 7.44. The second-order valence-corrected chi connectivity index (χ2v) is 4.76. The summed E-state index contributed by atoms with van der Waals surface area (Å²) in [5.41, 5.74) is 0. The van der Waals surface area contributed by atoms with Crippen LogP contribution in [0.1, 0.15) is 11.6 Å². The summed E-state index contributed by atoms with van der Waals surface area (Å²) in [6.45, 7) is 0. The fraction of sp³-hybridized carbons (Fsp3) is 0.182. The van der Waals surface area contributed by atoms with E-state index < -0.39 is 0 Å². The molecule has 2 rings (SSSR count). The zero-order valence-electron chi connectivity index (χ0n) is 8.85. The Balaban J connectivity index is 1.93. The van der Waals surface area contributed by atoms with Crippen molar-refractivity contribution in [3.05, 3.63) is 40.9 Å². The van der Waals surface area contributed by atoms with Gasteiger partial charge < -0.3 is 0 Å². The second kappa shape index (κ2) is 5.71. The van der Waals surface area contributed by atoms with Gasteiger partial charge in [-0.3, -0.25) is 5.10 Å². The van der Waals surface area contributed by atoms with Gasteiger partial charge in [-0.1, -0.05) is 11.6 Å². The largest absolute Gasteiger partial charge is 0.262 e. The van der Waals surface area contributed by atoms with Gasteiger partial charge in [-0.2, -0.15) is 10.4 Å². The Labute approximate surface area is 108 Å². The maximum Gasteiger partial charge on any atom is 0.164 e. The first kappa shape index (κ1) is 12.0. The van der Waals surface area contributed by atoms with Crippen LogP contribution in [0.2, 0.25) is 5.02 Å². The van der Waals surface area contributed by atoms with Gasteiger partial charge in [0.05, 0.1) is 18.2 Å². The number of hydrogen-bond donors (Lipinski definition) is 1. The van der Waals surface area contributed by atoms with Gasteiger partial charge in [0, 0.05) is 9.92 Å². The van der Waals surface area contributed by atoms with Crippen LogP contribution in [0.25, 0.3) is 0 Å². The van der Waals surface area contributed by atoms with Gasteiger partial charge in [0.1, 0.15) is 5.82 Å². The molecule has 0 bridgehead atoms. The Bertz CT molecular complexity index is 529. The molecule has 2 aromatic rings. The van der Waals surface area contributed by atoms with Gasteiger partial charge in [0.2, 0.25) is 0 Å². The van der Waals surface area contributed by atoms with Crippen LogP contribution in [0.5, 0.6) is 0 Å². The van der Waals surface area contributed by atoms with Gasteiger partial charge in [-0.05, 0) is 24.3 Å². The third-order valence-corrected chi connectivity index (χ3v) is 3.28. The van der Waals surface area contributed by atoms with Crippen molar-refractivity contribution in [1.82, 2.24) is 15.2 Å². The van der Waals surface area contributed by atoms with E-state index in [4.69, 9.17) is 16.9 Å². The molecule has 1 aromatic heterocycles. The molecule has 0 atom stereocenters. The summed E-state index contributed by atoms with van der Waals surface area (Å²) in [4.78, 5) is 5.31. The number of thioether (sulfide) groups is 1. The van der Waals surface area contributed by atoms with E-state index in [1.807, 2.05) is 30.3 Å². The molecular weight excluding hydrogens is 256 g/mol. The smallest absolute Gasteiger partial charge is 0.164 e. The first-order valence-electron chi connectivity index (χ1n) is 4.93. The van der Waals surface area contributed by atoms with Crippen LogP contribution in [0.15, 0.2) is 29.2 Å². The van der Waals surface area contributed by atoms with E-state index in [1.54, 1.807) is 11.8 Å². The van der Waals surface area contributed by atoms with E-state index in [0.29, 0.717) is 11.6 Å². The average molecular weight is 265 g/mol. The number of aromatic amines is 1. The molecule has 0 aliphatic rings. The van der Waals surface area contributed by atoms with Crippen molar-refractivity contribution < 1.29 is 0 Å². The highest BCUT2D eigenvalue weighted by atomic mass is 35.5. The minimum Gasteiger partial charge on any atom is -0.262 e. The van der Waals surface area contributed by atoms with Crippen molar-refractivity contribution in [2.75, 3.05) is 0 Å². The van der Waals surface area contributed by atoms with Crippen LogP contribution >= 0.6 is 23.4 Å². The number of hydrogen-bond acceptors (Lipinski definition) is 4. The lowest BCUT2D eigenvalue weighted by molar-refractivity contribution is 0.986. The zero-order valence-corrected chi connectivity index (χ0v) is 10.4. The number of nitrogens with zero attached hydrogens (tertiary/aromatic N) is 3. The number of nitriles is 1. The lowest BCUT2D eigenvalue weighted by Crippen LogP contribution is -1.85. The van der Waals surface area contributed by atoms with Crippen LogP contribution < -0.4 is 0 Å². The summed E-state index contributed by atoms with van der Waals surface area (Å²) in [5, 5.41) is 16.0. The van der Waals surface area contributed by atoms with Crippen molar-refractivity contribution in [2.24, 2.45) is 0 Å². The molecule has 4 nitrogen and oxygen atoms in total. The Morgan fingerprint density at radius 3 is 2.82 bits per heavy atom. The number of H-pyrrole nitrogens is 1. The van der Waals surface area contributed by atoms with Crippen LogP contribution in [-0.2, 0) is 12.2 Å². The number of benzene rings is 1. The summed E-state index contributed by atoms with van der Waals surface area (Å²) < 4.78 is 0. The van der Waals surface area contributed by atoms with Crippen molar-refractivity contribution >= 4 is 23.4 Å². The number of nitrogens with one attached hydrogen (secondary N) is 1. The molecule has 0 fully saturated rings. The van der Waals surface area contributed by atoms with Gasteiger partial charge in [0.25, 0.3) is 0 Å². The summed E-state index contributed by atoms with van der Waals surface area (Å²) in [5.74, 6) is 2.01. The van der Waals surface area contributed by atoms with E-state index in [9.17, 15) is 0 Å². The monoisotopic (exact) mass is 264 g/mol. The Hall–Kier alpha value is -1.51.